The standard InChI is InChI=1S/C52H62N10O12S2/c1-51(2,3)73-49(64)53-25-26-55-75(66,67)43-24-22-37(38-11-10-12-39-45(38)59-47(56-39)41(31-63)58-50(65)74-52(4,5)6)44(48-57-40-27-34(28-54-61-60-48)17-23-42(40)72-9)46(43)76(68,69)62(29-32-13-18-35(70-7)19-14-32)30-33-15-20-36(71-8)21-16-33/h10-24,27,41,55,63H,25-26,28-31H2,1-9H3,(H,53,64)(H,56,59)(H,58,65)(H,54,57,60)/t41-/m1/s1. The molecule has 1 aliphatic heterocycles. The number of aliphatic hydroxyl groups is 1. The normalized spacial score (nSPS) is 13.4. The van der Waals surface area contributed by atoms with Gasteiger partial charge in [0.25, 0.3) is 0 Å². The summed E-state index contributed by atoms with van der Waals surface area (Å²) in [6.07, 6.45) is -1.61. The lowest BCUT2D eigenvalue weighted by Crippen LogP contribution is -2.39. The molecule has 404 valence electrons. The molecule has 2 heterocycles. The summed E-state index contributed by atoms with van der Waals surface area (Å²) in [5.41, 5.74) is 3.79. The van der Waals surface area contributed by atoms with Crippen molar-refractivity contribution >= 4 is 54.8 Å². The van der Waals surface area contributed by atoms with Crippen LogP contribution in [0.1, 0.15) is 75.7 Å². The molecular formula is C52H62N10O12S2. The molecule has 1 atom stereocenters. The molecule has 2 amide bonds. The smallest absolute Gasteiger partial charge is 0.408 e. The molecule has 2 bridgehead atoms. The van der Waals surface area contributed by atoms with Crippen LogP contribution in [0.4, 0.5) is 15.3 Å². The van der Waals surface area contributed by atoms with Gasteiger partial charge in [0.15, 0.2) is 5.84 Å². The zero-order valence-corrected chi connectivity index (χ0v) is 45.2. The number of alkyl carbamates (subject to hydrolysis) is 2. The summed E-state index contributed by atoms with van der Waals surface area (Å²) in [6.45, 7) is 8.40. The number of aliphatic imine (C=N–C) groups is 1. The van der Waals surface area contributed by atoms with Crippen LogP contribution in [-0.2, 0) is 49.2 Å². The van der Waals surface area contributed by atoms with Crippen LogP contribution >= 0.6 is 0 Å². The number of rotatable bonds is 19. The Labute approximate surface area is 441 Å². The van der Waals surface area contributed by atoms with Gasteiger partial charge in [0.05, 0.1) is 45.5 Å². The van der Waals surface area contributed by atoms with Crippen molar-refractivity contribution in [2.24, 2.45) is 15.3 Å². The van der Waals surface area contributed by atoms with E-state index >= 15 is 16.8 Å². The van der Waals surface area contributed by atoms with Crippen molar-refractivity contribution in [1.29, 1.82) is 0 Å². The first kappa shape index (κ1) is 56.1. The maximum Gasteiger partial charge on any atom is 0.408 e. The van der Waals surface area contributed by atoms with E-state index in [1.54, 1.807) is 126 Å². The molecule has 0 saturated heterocycles. The summed E-state index contributed by atoms with van der Waals surface area (Å²) < 4.78 is 94.0. The van der Waals surface area contributed by atoms with Crippen LogP contribution in [0.15, 0.2) is 122 Å². The lowest BCUT2D eigenvalue weighted by molar-refractivity contribution is 0.0476. The number of carbonyl (C=O) groups excluding carboxylic acids is 2. The predicted octanol–water partition coefficient (Wildman–Crippen LogP) is 7.56. The third-order valence-electron chi connectivity index (χ3n) is 11.3. The SMILES string of the molecule is COc1ccc(CN(Cc2ccc(OC)cc2)S(=O)(=O)c2c(S(=O)(=O)NCCNC(=O)OC(C)(C)C)ccc(-c3cccc4[nH]c([C@@H](CO)NC(=O)OC(C)(C)C)nc34)c2C2=Nc3cc(ccc3OC)CN=NN2)cc1. The third kappa shape index (κ3) is 13.8. The van der Waals surface area contributed by atoms with Crippen LogP contribution in [-0.4, -0.2) is 106 Å². The number of ether oxygens (including phenoxy) is 5. The molecule has 0 aliphatic carbocycles. The fourth-order valence-electron chi connectivity index (χ4n) is 7.92. The lowest BCUT2D eigenvalue weighted by atomic mass is 9.97. The number of sulfonamides is 2. The van der Waals surface area contributed by atoms with Crippen molar-refractivity contribution in [3.05, 3.63) is 125 Å². The van der Waals surface area contributed by atoms with Gasteiger partial charge in [-0.15, -0.1) is 0 Å². The fourth-order valence-corrected chi connectivity index (χ4v) is 11.4. The molecule has 5 aromatic carbocycles. The molecule has 1 aromatic heterocycles. The Balaban J connectivity index is 1.53. The molecule has 7 rings (SSSR count). The van der Waals surface area contributed by atoms with Crippen LogP contribution in [0, 0.1) is 0 Å². The first-order chi connectivity index (χ1) is 36.0. The van der Waals surface area contributed by atoms with Gasteiger partial charge < -0.3 is 44.4 Å². The Morgan fingerprint density at radius 1 is 0.763 bits per heavy atom. The van der Waals surface area contributed by atoms with Crippen LogP contribution < -0.4 is 35.0 Å². The highest BCUT2D eigenvalue weighted by molar-refractivity contribution is 7.92. The van der Waals surface area contributed by atoms with Crippen molar-refractivity contribution in [2.75, 3.05) is 41.0 Å². The first-order valence-corrected chi connectivity index (χ1v) is 26.8. The number of amidine groups is 1. The topological polar surface area (TPSA) is 286 Å². The number of H-pyrrole nitrogens is 1. The summed E-state index contributed by atoms with van der Waals surface area (Å²) >= 11 is 0. The fraction of sp³-hybridized carbons (Fsp3) is 0.346. The average Bonchev–Trinajstić information content (AvgIpc) is 3.88. The maximum atomic E-state index is 16.4. The number of aromatic nitrogens is 2. The quantitative estimate of drug-likeness (QED) is 0.0427. The van der Waals surface area contributed by atoms with E-state index in [2.05, 4.69) is 36.1 Å². The van der Waals surface area contributed by atoms with E-state index in [-0.39, 0.29) is 71.5 Å². The second kappa shape index (κ2) is 23.5. The molecule has 0 radical (unpaired) electrons. The molecule has 24 heteroatoms. The minimum atomic E-state index is -5.11. The summed E-state index contributed by atoms with van der Waals surface area (Å²) in [7, 11) is -5.54. The van der Waals surface area contributed by atoms with Gasteiger partial charge in [-0.3, -0.25) is 0 Å². The number of aromatic amines is 1. The second-order valence-corrected chi connectivity index (χ2v) is 22.9. The van der Waals surface area contributed by atoms with Gasteiger partial charge in [-0.2, -0.15) is 9.42 Å². The zero-order valence-electron chi connectivity index (χ0n) is 43.5. The van der Waals surface area contributed by atoms with Crippen molar-refractivity contribution in [1.82, 2.24) is 35.1 Å². The number of hydrogen-bond acceptors (Lipinski definition) is 17. The van der Waals surface area contributed by atoms with Gasteiger partial charge in [-0.1, -0.05) is 53.8 Å². The van der Waals surface area contributed by atoms with Gasteiger partial charge in [0.1, 0.15) is 55.8 Å². The molecule has 0 fully saturated rings. The summed E-state index contributed by atoms with van der Waals surface area (Å²) in [5, 5.41) is 24.3. The number of hydrogen-bond donors (Lipinski definition) is 6. The largest absolute Gasteiger partial charge is 0.497 e. The van der Waals surface area contributed by atoms with Gasteiger partial charge in [-0.25, -0.2) is 46.5 Å². The molecule has 76 heavy (non-hydrogen) atoms. The minimum Gasteiger partial charge on any atom is -0.497 e. The molecule has 1 aliphatic rings. The van der Waals surface area contributed by atoms with Crippen LogP contribution in [0.25, 0.3) is 22.2 Å². The van der Waals surface area contributed by atoms with E-state index in [0.29, 0.717) is 33.7 Å². The number of nitrogens with one attached hydrogen (secondary N) is 5. The van der Waals surface area contributed by atoms with Gasteiger partial charge in [0, 0.05) is 37.3 Å². The Morgan fingerprint density at radius 2 is 1.39 bits per heavy atom. The summed E-state index contributed by atoms with van der Waals surface area (Å²) in [5.74, 6) is 1.17. The first-order valence-electron chi connectivity index (χ1n) is 23.9. The van der Waals surface area contributed by atoms with Gasteiger partial charge in [-0.05, 0) is 112 Å². The molecule has 0 saturated carbocycles. The number of para-hydroxylation sites is 1. The number of aliphatic hydroxyl groups excluding tert-OH is 1. The van der Waals surface area contributed by atoms with Gasteiger partial charge >= 0.3 is 12.2 Å². The van der Waals surface area contributed by atoms with Crippen LogP contribution in [0.2, 0.25) is 0 Å². The number of nitrogens with zero attached hydrogens (tertiary/aromatic N) is 5. The number of methoxy groups -OCH3 is 3. The molecule has 22 nitrogen and oxygen atoms in total. The highest BCUT2D eigenvalue weighted by Gasteiger charge is 2.38. The van der Waals surface area contributed by atoms with Crippen molar-refractivity contribution in [3.63, 3.8) is 0 Å². The highest BCUT2D eigenvalue weighted by Crippen LogP contribution is 2.41. The Bertz CT molecular complexity index is 3300. The van der Waals surface area contributed by atoms with E-state index in [4.69, 9.17) is 33.7 Å². The molecule has 0 unspecified atom stereocenters. The monoisotopic (exact) mass is 1080 g/mol. The minimum absolute atomic E-state index is 0.0800. The molecule has 6 aromatic rings. The lowest BCUT2D eigenvalue weighted by Gasteiger charge is -2.27. The second-order valence-electron chi connectivity index (χ2n) is 19.3. The molecule has 6 N–H and O–H groups in total. The molecule has 0 spiro atoms. The number of fused-ring (bicyclic) bond motifs is 3. The molecular weight excluding hydrogens is 1020 g/mol. The average molecular weight is 1080 g/mol. The van der Waals surface area contributed by atoms with Crippen molar-refractivity contribution < 1.29 is 55.2 Å². The highest BCUT2D eigenvalue weighted by atomic mass is 32.2. The van der Waals surface area contributed by atoms with E-state index in [1.807, 2.05) is 0 Å². The summed E-state index contributed by atoms with van der Waals surface area (Å²) in [6, 6.07) is 25.1. The van der Waals surface area contributed by atoms with Crippen LogP contribution in [0.5, 0.6) is 17.2 Å². The van der Waals surface area contributed by atoms with Crippen LogP contribution in [0.3, 0.4) is 0 Å². The Hall–Kier alpha value is -7.64. The van der Waals surface area contributed by atoms with Gasteiger partial charge in [0.2, 0.25) is 20.0 Å². The Kier molecular flexibility index (Phi) is 17.3. The van der Waals surface area contributed by atoms with Crippen molar-refractivity contribution in [3.8, 4) is 28.4 Å². The van der Waals surface area contributed by atoms with E-state index < -0.39 is 72.4 Å². The number of amides is 2. The van der Waals surface area contributed by atoms with E-state index in [0.717, 1.165) is 4.31 Å². The zero-order chi connectivity index (χ0) is 55.0. The number of carbonyl (C=O) groups is 2. The third-order valence-corrected chi connectivity index (χ3v) is 14.9. The predicted molar refractivity (Wildman–Crippen MR) is 283 cm³/mol. The maximum absolute atomic E-state index is 16.4. The summed E-state index contributed by atoms with van der Waals surface area (Å²) in [4.78, 5) is 37.1. The Morgan fingerprint density at radius 3 is 1.99 bits per heavy atom. The van der Waals surface area contributed by atoms with Crippen molar-refractivity contribution in [2.45, 2.75) is 88.2 Å². The van der Waals surface area contributed by atoms with E-state index in [1.165, 1.54) is 33.5 Å². The number of benzene rings is 5. The number of imidazole rings is 1. The van der Waals surface area contributed by atoms with E-state index in [9.17, 15) is 14.7 Å².